The minimum Gasteiger partial charge on any atom is -0.403 e. The second-order valence-corrected chi connectivity index (χ2v) is 9.06. The van der Waals surface area contributed by atoms with Crippen LogP contribution in [-0.4, -0.2) is 49.5 Å². The summed E-state index contributed by atoms with van der Waals surface area (Å²) in [6, 6.07) is 4.94. The second kappa shape index (κ2) is 8.43. The van der Waals surface area contributed by atoms with Crippen LogP contribution in [0.1, 0.15) is 25.7 Å². The number of para-hydroxylation sites is 1. The number of aromatic amines is 1. The van der Waals surface area contributed by atoms with Gasteiger partial charge in [0.1, 0.15) is 29.2 Å². The maximum Gasteiger partial charge on any atom is 0.530 e. The zero-order valence-corrected chi connectivity index (χ0v) is 18.1. The number of nitrogens with zero attached hydrogens (tertiary/aromatic N) is 1. The van der Waals surface area contributed by atoms with Crippen LogP contribution in [0.3, 0.4) is 0 Å². The molecule has 1 aromatic carbocycles. The molecule has 3 heterocycles. The third-order valence-corrected chi connectivity index (χ3v) is 6.48. The van der Waals surface area contributed by atoms with Gasteiger partial charge in [-0.2, -0.15) is 0 Å². The van der Waals surface area contributed by atoms with Crippen molar-refractivity contribution in [2.24, 2.45) is 0 Å². The molecule has 4 N–H and O–H groups in total. The van der Waals surface area contributed by atoms with Crippen LogP contribution in [0.2, 0.25) is 0 Å². The number of aliphatic hydroxyl groups is 3. The Morgan fingerprint density at radius 2 is 2.25 bits per heavy atom. The summed E-state index contributed by atoms with van der Waals surface area (Å²) in [6.45, 7) is -2.98. The fourth-order valence-corrected chi connectivity index (χ4v) is 4.60. The number of rotatable bonds is 5. The Kier molecular flexibility index (Phi) is 5.44. The zero-order chi connectivity index (χ0) is 25.1. The van der Waals surface area contributed by atoms with Gasteiger partial charge < -0.3 is 24.6 Å². The predicted octanol–water partition coefficient (Wildman–Crippen LogP) is 1.36. The van der Waals surface area contributed by atoms with Gasteiger partial charge >= 0.3 is 13.5 Å². The first kappa shape index (κ1) is 20.6. The molecule has 5 atom stereocenters. The summed E-state index contributed by atoms with van der Waals surface area (Å²) in [5, 5.41) is 30.1. The lowest BCUT2D eigenvalue weighted by molar-refractivity contribution is -0.205. The van der Waals surface area contributed by atoms with Crippen LogP contribution in [0, 0.1) is 11.6 Å². The molecule has 32 heavy (non-hydrogen) atoms. The van der Waals surface area contributed by atoms with Gasteiger partial charge in [-0.1, -0.05) is 30.4 Å². The van der Waals surface area contributed by atoms with Crippen LogP contribution in [0.5, 0.6) is 5.75 Å². The number of H-pyrrole nitrogens is 1. The topological polar surface area (TPSA) is 152 Å². The van der Waals surface area contributed by atoms with E-state index in [0.717, 1.165) is 6.20 Å². The Bertz CT molecular complexity index is 1290. The highest BCUT2D eigenvalue weighted by atomic mass is 32.1. The molecule has 0 amide bonds. The van der Waals surface area contributed by atoms with Crippen molar-refractivity contribution in [1.29, 1.82) is 0 Å². The summed E-state index contributed by atoms with van der Waals surface area (Å²) in [5.41, 5.74) is 0.0491. The minimum atomic E-state index is -4.77. The van der Waals surface area contributed by atoms with E-state index in [1.165, 1.54) is 0 Å². The van der Waals surface area contributed by atoms with Crippen molar-refractivity contribution in [2.45, 2.75) is 44.4 Å². The monoisotopic (exact) mass is 492 g/mol. The van der Waals surface area contributed by atoms with Gasteiger partial charge in [-0.05, 0) is 12.5 Å². The summed E-state index contributed by atoms with van der Waals surface area (Å²) in [4.78, 5) is 14.5. The molecule has 0 aliphatic carbocycles. The Balaban J connectivity index is 1.65. The number of benzene rings is 1. The molecule has 1 fully saturated rings. The van der Waals surface area contributed by atoms with Gasteiger partial charge in [-0.3, -0.25) is 18.6 Å². The average Bonchev–Trinajstić information content (AvgIpc) is 2.99. The van der Waals surface area contributed by atoms with E-state index in [9.17, 15) is 24.7 Å². The molecule has 14 heteroatoms. The van der Waals surface area contributed by atoms with Gasteiger partial charge in [-0.15, -0.1) is 0 Å². The van der Waals surface area contributed by atoms with Gasteiger partial charge in [0.05, 0.1) is 16.0 Å². The lowest BCUT2D eigenvalue weighted by Gasteiger charge is -2.29. The first-order chi connectivity index (χ1) is 15.8. The summed E-state index contributed by atoms with van der Waals surface area (Å²) >= 11 is 4.88. The molecule has 174 valence electrons. The van der Waals surface area contributed by atoms with Gasteiger partial charge in [0.15, 0.2) is 6.23 Å². The van der Waals surface area contributed by atoms with Gasteiger partial charge in [0.25, 0.3) is 5.85 Å². The Labute approximate surface area is 188 Å². The number of phosphoric acid groups is 1. The minimum absolute atomic E-state index is 0.0120. The van der Waals surface area contributed by atoms with Crippen molar-refractivity contribution >= 4 is 20.0 Å². The summed E-state index contributed by atoms with van der Waals surface area (Å²) in [7, 11) is -4.77. The molecule has 1 saturated heterocycles. The third-order valence-electron chi connectivity index (χ3n) is 4.95. The highest BCUT2D eigenvalue weighted by Gasteiger charge is 2.57. The van der Waals surface area contributed by atoms with Gasteiger partial charge in [-0.25, -0.2) is 13.8 Å². The number of nitrogens with one attached hydrogen (secondary N) is 1. The molecule has 2 aliphatic rings. The highest BCUT2D eigenvalue weighted by molar-refractivity contribution is 7.71. The second-order valence-electron chi connectivity index (χ2n) is 7.14. The van der Waals surface area contributed by atoms with Crippen LogP contribution in [0.4, 0.5) is 4.39 Å². The van der Waals surface area contributed by atoms with Crippen molar-refractivity contribution in [3.8, 4) is 5.75 Å². The maximum absolute atomic E-state index is 15.8. The number of fused-ring (bicyclic) bond motifs is 1. The number of halogens is 1. The normalized spacial score (nSPS) is 33.2. The Hall–Kier alpha value is -1.96. The molecular weight excluding hydrogens is 470 g/mol. The first-order valence-electron chi connectivity index (χ1n) is 10.2. The number of alkyl halides is 1. The van der Waals surface area contributed by atoms with Crippen LogP contribution < -0.4 is 10.2 Å². The van der Waals surface area contributed by atoms with Crippen molar-refractivity contribution in [1.82, 2.24) is 9.55 Å². The van der Waals surface area contributed by atoms with Crippen LogP contribution in [0.15, 0.2) is 29.2 Å². The SMILES string of the molecule is [2H]C([2H])(OP1(=O)OCc2cccc(C)c2O1)[C@@]1(F)O[C@@H](n2cc(CO)c(=S)[nH]c2=O)[C@H](O)[C@@H]1O. The Morgan fingerprint density at radius 1 is 1.50 bits per heavy atom. The summed E-state index contributed by atoms with van der Waals surface area (Å²) in [6.07, 6.45) is -5.81. The standard InChI is InChI=1S/C18H20FN2O9PS/c1-9-3-2-4-10-7-27-31(26,30-13(9)10)28-8-18(19)14(24)12(23)16(29-18)21-5-11(6-22)15(32)20-17(21)25/h2-5,12,14,16,22-24H,6-8H2,1H3,(H,20,25,32)/t12-,14+,16-,18-,31?/m1/s1/i8D2. The Morgan fingerprint density at radius 3 is 2.97 bits per heavy atom. The molecule has 2 aromatic rings. The number of aromatic nitrogens is 2. The number of ether oxygens (including phenoxy) is 1. The molecule has 11 nitrogen and oxygen atoms in total. The van der Waals surface area contributed by atoms with E-state index >= 15 is 4.39 Å². The number of phosphoric ester groups is 1. The molecule has 4 rings (SSSR count). The number of hydrogen-bond donors (Lipinski definition) is 4. The summed E-state index contributed by atoms with van der Waals surface area (Å²) < 4.78 is 65.4. The molecule has 1 aromatic heterocycles. The van der Waals surface area contributed by atoms with E-state index in [1.807, 2.05) is 0 Å². The molecular formula is C18H20FN2O9PS. The average molecular weight is 492 g/mol. The highest BCUT2D eigenvalue weighted by Crippen LogP contribution is 2.56. The van der Waals surface area contributed by atoms with Gasteiger partial charge in [0.2, 0.25) is 0 Å². The van der Waals surface area contributed by atoms with Crippen molar-refractivity contribution < 1.29 is 45.3 Å². The number of aliphatic hydroxyl groups excluding tert-OH is 3. The van der Waals surface area contributed by atoms with E-state index < -0.39 is 51.0 Å². The third kappa shape index (κ3) is 4.06. The zero-order valence-electron chi connectivity index (χ0n) is 18.4. The van der Waals surface area contributed by atoms with E-state index in [1.54, 1.807) is 25.1 Å². The van der Waals surface area contributed by atoms with Crippen LogP contribution in [0.25, 0.3) is 0 Å². The molecule has 1 unspecified atom stereocenters. The van der Waals surface area contributed by atoms with Crippen LogP contribution >= 0.6 is 20.0 Å². The van der Waals surface area contributed by atoms with E-state index in [4.69, 9.17) is 33.3 Å². The maximum atomic E-state index is 15.8. The van der Waals surface area contributed by atoms with Crippen molar-refractivity contribution in [2.75, 3.05) is 6.56 Å². The quantitative estimate of drug-likeness (QED) is 0.356. The van der Waals surface area contributed by atoms with Crippen molar-refractivity contribution in [3.63, 3.8) is 0 Å². The van der Waals surface area contributed by atoms with Crippen molar-refractivity contribution in [3.05, 3.63) is 56.2 Å². The molecule has 0 bridgehead atoms. The van der Waals surface area contributed by atoms with E-state index in [0.29, 0.717) is 15.7 Å². The lowest BCUT2D eigenvalue weighted by atomic mass is 10.1. The number of hydrogen-bond acceptors (Lipinski definition) is 10. The smallest absolute Gasteiger partial charge is 0.403 e. The first-order valence-corrected chi connectivity index (χ1v) is 11.1. The molecule has 0 spiro atoms. The fourth-order valence-electron chi connectivity index (χ4n) is 3.23. The molecule has 0 saturated carbocycles. The fraction of sp³-hybridized carbons (Fsp3) is 0.444. The predicted molar refractivity (Wildman–Crippen MR) is 108 cm³/mol. The van der Waals surface area contributed by atoms with E-state index in [-0.39, 0.29) is 22.6 Å². The van der Waals surface area contributed by atoms with E-state index in [2.05, 4.69) is 4.98 Å². The molecule has 2 aliphatic heterocycles. The van der Waals surface area contributed by atoms with Gasteiger partial charge in [0, 0.05) is 17.3 Å². The summed E-state index contributed by atoms with van der Waals surface area (Å²) in [5.74, 6) is -3.73. The lowest BCUT2D eigenvalue weighted by Crippen LogP contribution is -2.43. The molecule has 0 radical (unpaired) electrons. The largest absolute Gasteiger partial charge is 0.530 e. The van der Waals surface area contributed by atoms with Crippen LogP contribution in [-0.2, 0) is 31.6 Å². The number of aryl methyl sites for hydroxylation is 1.